The molecular formula is C100H90BN3. The monoisotopic (exact) mass is 1340 g/mol. The van der Waals surface area contributed by atoms with Crippen molar-refractivity contribution in [1.82, 2.24) is 4.57 Å². The summed E-state index contributed by atoms with van der Waals surface area (Å²) in [6.45, 7) is 34.8. The molecule has 0 aliphatic carbocycles. The van der Waals surface area contributed by atoms with Crippen LogP contribution in [0.2, 0.25) is 0 Å². The Morgan fingerprint density at radius 2 is 0.635 bits per heavy atom. The van der Waals surface area contributed by atoms with E-state index in [2.05, 4.69) is 391 Å². The Hall–Kier alpha value is -10.9. The summed E-state index contributed by atoms with van der Waals surface area (Å²) in [5.74, 6) is 0. The Labute approximate surface area is 614 Å². The largest absolute Gasteiger partial charge is 0.310 e. The number of nitrogens with zero attached hydrogens (tertiary/aromatic N) is 3. The van der Waals surface area contributed by atoms with E-state index in [1.807, 2.05) is 0 Å². The molecule has 508 valence electrons. The lowest BCUT2D eigenvalue weighted by molar-refractivity contribution is 0.590. The second-order valence-corrected chi connectivity index (χ2v) is 34.9. The van der Waals surface area contributed by atoms with Crippen molar-refractivity contribution >= 4 is 111 Å². The van der Waals surface area contributed by atoms with Crippen molar-refractivity contribution in [2.45, 2.75) is 131 Å². The molecule has 0 saturated carbocycles. The molecule has 16 aromatic rings. The molecule has 2 aliphatic rings. The smallest absolute Gasteiger partial charge is 0.252 e. The SMILES string of the molecule is CC(C)(C)c1ccc(-c2cccc(-c3ccc(C(C)(C)C)cc3)c2N2c3ccc(-c4ccccc4)cc3B3c4ccc(-n5c6ccc7cccc8c9cccc%10ccc5c(c%109)c6c78)cc4N(c4c(-c5ccc(C(C)(C)C)cc5)cccc4-c4ccc(C(C)(C)C)cc4)c4cc(C(C)(C)C)cc2c43)cc1. The Morgan fingerprint density at radius 3 is 1.04 bits per heavy atom. The number of para-hydroxylation sites is 2. The van der Waals surface area contributed by atoms with Crippen molar-refractivity contribution in [3.63, 3.8) is 0 Å². The zero-order valence-corrected chi connectivity index (χ0v) is 62.9. The van der Waals surface area contributed by atoms with Crippen molar-refractivity contribution in [1.29, 1.82) is 0 Å². The van der Waals surface area contributed by atoms with Gasteiger partial charge in [0.15, 0.2) is 0 Å². The van der Waals surface area contributed by atoms with Gasteiger partial charge < -0.3 is 14.4 Å². The van der Waals surface area contributed by atoms with Gasteiger partial charge in [0.1, 0.15) is 0 Å². The quantitative estimate of drug-likeness (QED) is 0.0853. The highest BCUT2D eigenvalue weighted by atomic mass is 15.2. The molecule has 3 nitrogen and oxygen atoms in total. The van der Waals surface area contributed by atoms with Crippen LogP contribution in [0.3, 0.4) is 0 Å². The van der Waals surface area contributed by atoms with E-state index in [9.17, 15) is 0 Å². The van der Waals surface area contributed by atoms with Gasteiger partial charge in [-0.1, -0.05) is 334 Å². The molecule has 0 saturated heterocycles. The predicted octanol–water partition coefficient (Wildman–Crippen LogP) is 26.0. The summed E-state index contributed by atoms with van der Waals surface area (Å²) in [5.41, 5.74) is 32.1. The predicted molar refractivity (Wildman–Crippen MR) is 450 cm³/mol. The lowest BCUT2D eigenvalue weighted by Crippen LogP contribution is -2.61. The summed E-state index contributed by atoms with van der Waals surface area (Å²) in [6.07, 6.45) is 0. The van der Waals surface area contributed by atoms with Gasteiger partial charge in [0, 0.05) is 61.5 Å². The van der Waals surface area contributed by atoms with Crippen LogP contribution in [0, 0.1) is 0 Å². The molecule has 18 rings (SSSR count). The van der Waals surface area contributed by atoms with Crippen LogP contribution < -0.4 is 26.2 Å². The average Bonchev–Trinajstić information content (AvgIpc) is 1.27. The van der Waals surface area contributed by atoms with E-state index >= 15 is 0 Å². The van der Waals surface area contributed by atoms with Gasteiger partial charge in [0.25, 0.3) is 6.71 Å². The van der Waals surface area contributed by atoms with E-state index < -0.39 is 0 Å². The summed E-state index contributed by atoms with van der Waals surface area (Å²) < 4.78 is 2.60. The third kappa shape index (κ3) is 10.4. The first kappa shape index (κ1) is 65.1. The minimum Gasteiger partial charge on any atom is -0.310 e. The van der Waals surface area contributed by atoms with Gasteiger partial charge in [-0.3, -0.25) is 0 Å². The third-order valence-electron chi connectivity index (χ3n) is 23.1. The molecule has 0 bridgehead atoms. The van der Waals surface area contributed by atoms with Crippen LogP contribution in [0.1, 0.15) is 132 Å². The van der Waals surface area contributed by atoms with Crippen LogP contribution in [0.25, 0.3) is 115 Å². The summed E-state index contributed by atoms with van der Waals surface area (Å²) in [7, 11) is 0. The molecule has 15 aromatic carbocycles. The van der Waals surface area contributed by atoms with Crippen LogP contribution in [-0.4, -0.2) is 11.3 Å². The molecule has 3 heterocycles. The highest BCUT2D eigenvalue weighted by Crippen LogP contribution is 2.56. The molecule has 104 heavy (non-hydrogen) atoms. The average molecular weight is 1340 g/mol. The number of benzene rings is 15. The molecule has 4 heteroatoms. The zero-order chi connectivity index (χ0) is 71.8. The van der Waals surface area contributed by atoms with Gasteiger partial charge in [0.05, 0.1) is 22.4 Å². The van der Waals surface area contributed by atoms with Crippen LogP contribution in [0.15, 0.2) is 273 Å². The first-order valence-corrected chi connectivity index (χ1v) is 37.5. The standard InChI is InChI=1S/C100H90BN3/c1-96(2,3)69-44-33-62(34-45-69)75-27-21-28-76(63-35-46-70(47-36-63)97(4,5)6)94(75)103-83-54-43-68(61-23-17-16-18-24-61)57-82(83)101-81-53-52-74(102-84-55-41-66-25-19-31-79-80-32-20-26-67-42-56-85(102)92(90(67)80)91(84)89(66)79)60-86(81)104(88-59-73(100(13,14)15)58-87(103)93(88)101)95-77(64-37-48-71(49-38-64)98(7,8)9)29-22-30-78(95)65-39-50-72(51-40-65)99(10,11)12/h16-60H,1-15H3. The number of hydrogen-bond acceptors (Lipinski definition) is 2. The van der Waals surface area contributed by atoms with Crippen LogP contribution in [-0.2, 0) is 27.1 Å². The summed E-state index contributed by atoms with van der Waals surface area (Å²) in [4.78, 5) is 5.47. The Morgan fingerprint density at radius 1 is 0.250 bits per heavy atom. The molecule has 0 radical (unpaired) electrons. The highest BCUT2D eigenvalue weighted by molar-refractivity contribution is 7.00. The second kappa shape index (κ2) is 23.3. The van der Waals surface area contributed by atoms with Crippen LogP contribution >= 0.6 is 0 Å². The second-order valence-electron chi connectivity index (χ2n) is 34.9. The highest BCUT2D eigenvalue weighted by Gasteiger charge is 2.46. The normalized spacial score (nSPS) is 13.5. The van der Waals surface area contributed by atoms with E-state index in [4.69, 9.17) is 0 Å². The topological polar surface area (TPSA) is 11.4 Å². The van der Waals surface area contributed by atoms with Crippen molar-refractivity contribution < 1.29 is 0 Å². The molecule has 0 atom stereocenters. The number of hydrogen-bond donors (Lipinski definition) is 0. The van der Waals surface area contributed by atoms with Crippen LogP contribution in [0.5, 0.6) is 0 Å². The van der Waals surface area contributed by atoms with Gasteiger partial charge >= 0.3 is 0 Å². The number of fused-ring (bicyclic) bond motifs is 5. The summed E-state index contributed by atoms with van der Waals surface area (Å²) >= 11 is 0. The van der Waals surface area contributed by atoms with E-state index in [0.29, 0.717) is 0 Å². The molecular weight excluding hydrogens is 1250 g/mol. The number of anilines is 6. The fourth-order valence-corrected chi connectivity index (χ4v) is 17.4. The minimum atomic E-state index is -0.307. The first-order valence-electron chi connectivity index (χ1n) is 37.5. The Kier molecular flexibility index (Phi) is 14.6. The van der Waals surface area contributed by atoms with E-state index in [1.54, 1.807) is 0 Å². The van der Waals surface area contributed by atoms with E-state index in [0.717, 1.165) is 33.9 Å². The molecule has 0 unspecified atom stereocenters. The summed E-state index contributed by atoms with van der Waals surface area (Å²) in [6, 6.07) is 107. The number of aromatic nitrogens is 1. The lowest BCUT2D eigenvalue weighted by Gasteiger charge is -2.46. The van der Waals surface area contributed by atoms with E-state index in [-0.39, 0.29) is 33.8 Å². The first-order chi connectivity index (χ1) is 49.8. The number of rotatable bonds is 8. The minimum absolute atomic E-state index is 0.0240. The van der Waals surface area contributed by atoms with Gasteiger partial charge in [-0.05, 0) is 179 Å². The summed E-state index contributed by atoms with van der Waals surface area (Å²) in [5, 5.41) is 10.4. The third-order valence-corrected chi connectivity index (χ3v) is 23.1. The molecule has 1 aromatic heterocycles. The fraction of sp³-hybridized carbons (Fsp3) is 0.200. The molecule has 0 fully saturated rings. The Balaban J connectivity index is 1.00. The van der Waals surface area contributed by atoms with Crippen molar-refractivity contribution in [3.8, 4) is 61.3 Å². The van der Waals surface area contributed by atoms with Crippen LogP contribution in [0.4, 0.5) is 34.1 Å². The van der Waals surface area contributed by atoms with Crippen molar-refractivity contribution in [2.75, 3.05) is 9.80 Å². The molecule has 2 aliphatic heterocycles. The molecule has 0 spiro atoms. The maximum atomic E-state index is 2.75. The van der Waals surface area contributed by atoms with E-state index in [1.165, 1.54) is 160 Å². The van der Waals surface area contributed by atoms with Gasteiger partial charge in [-0.2, -0.15) is 0 Å². The molecule has 0 amide bonds. The van der Waals surface area contributed by atoms with Gasteiger partial charge in [-0.25, -0.2) is 0 Å². The van der Waals surface area contributed by atoms with Crippen molar-refractivity contribution in [3.05, 3.63) is 301 Å². The molecule has 0 N–H and O–H groups in total. The van der Waals surface area contributed by atoms with Gasteiger partial charge in [0.2, 0.25) is 0 Å². The Bertz CT molecular complexity index is 5820. The van der Waals surface area contributed by atoms with Crippen molar-refractivity contribution in [2.24, 2.45) is 0 Å². The maximum Gasteiger partial charge on any atom is 0.252 e. The zero-order valence-electron chi connectivity index (χ0n) is 62.9. The lowest BCUT2D eigenvalue weighted by atomic mass is 9.33. The van der Waals surface area contributed by atoms with Gasteiger partial charge in [-0.15, -0.1) is 0 Å². The fourth-order valence-electron chi connectivity index (χ4n) is 17.4. The maximum absolute atomic E-state index is 2.75.